The summed E-state index contributed by atoms with van der Waals surface area (Å²) in [7, 11) is -0.237. The number of hydrogen-bond acceptors (Lipinski definition) is 6. The number of nitrogens with one attached hydrogen (secondary N) is 1. The van der Waals surface area contributed by atoms with Gasteiger partial charge in [0.25, 0.3) is 0 Å². The Kier molecular flexibility index (Phi) is 4.86. The molecule has 0 aliphatic heterocycles. The molecule has 0 amide bonds. The summed E-state index contributed by atoms with van der Waals surface area (Å²) in [5.41, 5.74) is 1.27. The van der Waals surface area contributed by atoms with Crippen LogP contribution < -0.4 is 9.46 Å². The van der Waals surface area contributed by atoms with Crippen LogP contribution in [0.4, 0.5) is 0 Å². The predicted octanol–water partition coefficient (Wildman–Crippen LogP) is 0.288. The molecular weight excluding hydrogens is 294 g/mol. The largest absolute Gasteiger partial charge is 0.481 e. The van der Waals surface area contributed by atoms with E-state index in [0.717, 1.165) is 0 Å². The van der Waals surface area contributed by atoms with Crippen LogP contribution in [-0.4, -0.2) is 48.3 Å². The van der Waals surface area contributed by atoms with Gasteiger partial charge < -0.3 is 4.74 Å². The van der Waals surface area contributed by atoms with Crippen molar-refractivity contribution in [3.63, 3.8) is 0 Å². The Bertz CT molecular complexity index is 698. The van der Waals surface area contributed by atoms with Crippen LogP contribution in [0.15, 0.2) is 24.4 Å². The Morgan fingerprint density at radius 3 is 2.86 bits per heavy atom. The summed E-state index contributed by atoms with van der Waals surface area (Å²) in [5.74, 6) is 0.554. The second-order valence-electron chi connectivity index (χ2n) is 4.31. The minimum Gasteiger partial charge on any atom is -0.481 e. The number of aryl methyl sites for hydroxylation is 1. The lowest BCUT2D eigenvalue weighted by molar-refractivity contribution is 0.398. The summed E-state index contributed by atoms with van der Waals surface area (Å²) < 4.78 is 31.5. The first-order chi connectivity index (χ1) is 10.0. The number of pyridine rings is 1. The fourth-order valence-electron chi connectivity index (χ4n) is 1.71. The van der Waals surface area contributed by atoms with Gasteiger partial charge in [-0.15, -0.1) is 5.10 Å². The first-order valence-electron chi connectivity index (χ1n) is 6.37. The summed E-state index contributed by atoms with van der Waals surface area (Å²) in [4.78, 5) is 4.26. The molecule has 114 valence electrons. The Labute approximate surface area is 123 Å². The van der Waals surface area contributed by atoms with Crippen molar-refractivity contribution < 1.29 is 13.2 Å². The first kappa shape index (κ1) is 15.4. The molecule has 2 aromatic rings. The van der Waals surface area contributed by atoms with Gasteiger partial charge in [-0.1, -0.05) is 11.3 Å². The monoisotopic (exact) mass is 311 g/mol. The van der Waals surface area contributed by atoms with E-state index in [4.69, 9.17) is 4.74 Å². The molecule has 0 aliphatic rings. The molecule has 2 heterocycles. The van der Waals surface area contributed by atoms with E-state index >= 15 is 0 Å². The molecule has 8 nitrogen and oxygen atoms in total. The summed E-state index contributed by atoms with van der Waals surface area (Å²) in [5, 5.41) is 7.99. The van der Waals surface area contributed by atoms with Gasteiger partial charge >= 0.3 is 0 Å². The molecule has 1 N–H and O–H groups in total. The lowest BCUT2D eigenvalue weighted by Crippen LogP contribution is -2.22. The number of methoxy groups -OCH3 is 1. The van der Waals surface area contributed by atoms with Crippen molar-refractivity contribution in [2.45, 2.75) is 13.0 Å². The van der Waals surface area contributed by atoms with Crippen molar-refractivity contribution in [2.24, 2.45) is 0 Å². The molecule has 21 heavy (non-hydrogen) atoms. The summed E-state index contributed by atoms with van der Waals surface area (Å²) in [6, 6.07) is 5.37. The van der Waals surface area contributed by atoms with E-state index in [-0.39, 0.29) is 5.75 Å². The smallest absolute Gasteiger partial charge is 0.213 e. The second kappa shape index (κ2) is 6.64. The van der Waals surface area contributed by atoms with E-state index in [1.807, 2.05) is 12.1 Å². The average molecular weight is 311 g/mol. The van der Waals surface area contributed by atoms with Gasteiger partial charge in [-0.3, -0.25) is 4.68 Å². The minimum atomic E-state index is -3.18. The SMILES string of the molecule is CNS(=O)(=O)CCCn1cc(-c2cccc(OC)n2)nn1. The van der Waals surface area contributed by atoms with Gasteiger partial charge in [0, 0.05) is 12.6 Å². The number of nitrogens with zero attached hydrogens (tertiary/aromatic N) is 4. The molecule has 2 rings (SSSR count). The van der Waals surface area contributed by atoms with Crippen molar-refractivity contribution >= 4 is 10.0 Å². The van der Waals surface area contributed by atoms with E-state index in [0.29, 0.717) is 30.2 Å². The van der Waals surface area contributed by atoms with Crippen LogP contribution in [0.25, 0.3) is 11.4 Å². The Balaban J connectivity index is 2.01. The molecule has 2 aromatic heterocycles. The van der Waals surface area contributed by atoms with Crippen LogP contribution >= 0.6 is 0 Å². The molecule has 0 aliphatic carbocycles. The molecule has 9 heteroatoms. The van der Waals surface area contributed by atoms with Gasteiger partial charge in [0.05, 0.1) is 24.8 Å². The molecule has 0 saturated carbocycles. The van der Waals surface area contributed by atoms with E-state index < -0.39 is 10.0 Å². The van der Waals surface area contributed by atoms with Crippen LogP contribution in [0.3, 0.4) is 0 Å². The van der Waals surface area contributed by atoms with Crippen molar-refractivity contribution in [1.29, 1.82) is 0 Å². The van der Waals surface area contributed by atoms with Crippen LogP contribution in [-0.2, 0) is 16.6 Å². The summed E-state index contributed by atoms with van der Waals surface area (Å²) in [6.07, 6.45) is 2.19. The predicted molar refractivity (Wildman–Crippen MR) is 77.3 cm³/mol. The Morgan fingerprint density at radius 1 is 1.33 bits per heavy atom. The maximum absolute atomic E-state index is 11.3. The zero-order chi connectivity index (χ0) is 15.3. The van der Waals surface area contributed by atoms with Gasteiger partial charge in [-0.25, -0.2) is 18.1 Å². The van der Waals surface area contributed by atoms with Gasteiger partial charge in [0.15, 0.2) is 0 Å². The quantitative estimate of drug-likeness (QED) is 0.789. The fourth-order valence-corrected chi connectivity index (χ4v) is 2.43. The molecule has 0 bridgehead atoms. The number of ether oxygens (including phenoxy) is 1. The van der Waals surface area contributed by atoms with Gasteiger partial charge in [-0.2, -0.15) is 0 Å². The highest BCUT2D eigenvalue weighted by Crippen LogP contribution is 2.16. The minimum absolute atomic E-state index is 0.0517. The molecular formula is C12H17N5O3S. The third-order valence-corrected chi connectivity index (χ3v) is 4.29. The summed E-state index contributed by atoms with van der Waals surface area (Å²) >= 11 is 0. The highest BCUT2D eigenvalue weighted by Gasteiger charge is 2.09. The van der Waals surface area contributed by atoms with E-state index in [9.17, 15) is 8.42 Å². The number of rotatable bonds is 7. The Hall–Kier alpha value is -2.00. The van der Waals surface area contributed by atoms with E-state index in [2.05, 4.69) is 20.0 Å². The second-order valence-corrected chi connectivity index (χ2v) is 6.35. The number of aromatic nitrogens is 4. The van der Waals surface area contributed by atoms with Gasteiger partial charge in [0.1, 0.15) is 5.69 Å². The number of sulfonamides is 1. The van der Waals surface area contributed by atoms with Crippen molar-refractivity contribution in [1.82, 2.24) is 24.7 Å². The third kappa shape index (κ3) is 4.23. The molecule has 0 aromatic carbocycles. The van der Waals surface area contributed by atoms with Gasteiger partial charge in [-0.05, 0) is 19.5 Å². The van der Waals surface area contributed by atoms with Gasteiger partial charge in [0.2, 0.25) is 15.9 Å². The topological polar surface area (TPSA) is 99.0 Å². The molecule has 0 saturated heterocycles. The maximum atomic E-state index is 11.3. The highest BCUT2D eigenvalue weighted by molar-refractivity contribution is 7.89. The fraction of sp³-hybridized carbons (Fsp3) is 0.417. The zero-order valence-electron chi connectivity index (χ0n) is 11.9. The molecule has 0 atom stereocenters. The number of hydrogen-bond donors (Lipinski definition) is 1. The molecule has 0 fully saturated rings. The maximum Gasteiger partial charge on any atom is 0.213 e. The lowest BCUT2D eigenvalue weighted by atomic mass is 10.3. The molecule has 0 spiro atoms. The van der Waals surface area contributed by atoms with Crippen LogP contribution in [0.2, 0.25) is 0 Å². The third-order valence-electron chi connectivity index (χ3n) is 2.85. The lowest BCUT2D eigenvalue weighted by Gasteiger charge is -2.02. The van der Waals surface area contributed by atoms with Crippen molar-refractivity contribution in [3.8, 4) is 17.3 Å². The first-order valence-corrected chi connectivity index (χ1v) is 8.02. The molecule has 0 radical (unpaired) electrons. The zero-order valence-corrected chi connectivity index (χ0v) is 12.7. The molecule has 0 unspecified atom stereocenters. The van der Waals surface area contributed by atoms with Crippen LogP contribution in [0.5, 0.6) is 5.88 Å². The van der Waals surface area contributed by atoms with Crippen molar-refractivity contribution in [2.75, 3.05) is 19.9 Å². The summed E-state index contributed by atoms with van der Waals surface area (Å²) in [6.45, 7) is 0.470. The Morgan fingerprint density at radius 2 is 2.14 bits per heavy atom. The van der Waals surface area contributed by atoms with E-state index in [1.54, 1.807) is 24.1 Å². The van der Waals surface area contributed by atoms with Crippen LogP contribution in [0, 0.1) is 0 Å². The normalized spacial score (nSPS) is 11.5. The average Bonchev–Trinajstić information content (AvgIpc) is 2.96. The van der Waals surface area contributed by atoms with E-state index in [1.165, 1.54) is 7.05 Å². The highest BCUT2D eigenvalue weighted by atomic mass is 32.2. The van der Waals surface area contributed by atoms with Crippen LogP contribution in [0.1, 0.15) is 6.42 Å². The standard InChI is InChI=1S/C12H17N5O3S/c1-13-21(18,19)8-4-7-17-9-11(15-16-17)10-5-3-6-12(14-10)20-2/h3,5-6,9,13H,4,7-8H2,1-2H3. The van der Waals surface area contributed by atoms with Crippen molar-refractivity contribution in [3.05, 3.63) is 24.4 Å².